The predicted molar refractivity (Wildman–Crippen MR) is 61.5 cm³/mol. The van der Waals surface area contributed by atoms with Crippen LogP contribution in [0.3, 0.4) is 0 Å². The molecule has 0 unspecified atom stereocenters. The minimum Gasteiger partial charge on any atom is -0.154 e. The van der Waals surface area contributed by atoms with Crippen LogP contribution in [-0.2, 0) is 0 Å². The number of nitrogens with zero attached hydrogens (tertiary/aromatic N) is 2. The molecule has 77 valence electrons. The lowest BCUT2D eigenvalue weighted by molar-refractivity contribution is 0.726. The average molecular weight is 199 g/mol. The summed E-state index contributed by atoms with van der Waals surface area (Å²) in [6.07, 6.45) is 5.29. The van der Waals surface area contributed by atoms with Crippen LogP contribution in [0.25, 0.3) is 0 Å². The van der Waals surface area contributed by atoms with Crippen LogP contribution in [0.2, 0.25) is 0 Å². The Bertz CT molecular complexity index is 415. The predicted octanol–water partition coefficient (Wildman–Crippen LogP) is 3.14. The van der Waals surface area contributed by atoms with Gasteiger partial charge in [0.05, 0.1) is 11.4 Å². The van der Waals surface area contributed by atoms with Gasteiger partial charge in [-0.25, -0.2) is 0 Å². The molecule has 0 spiro atoms. The second kappa shape index (κ2) is 3.37. The average Bonchev–Trinajstić information content (AvgIpc) is 2.85. The Hall–Kier alpha value is -1.31. The number of hydrogen-bond acceptors (Lipinski definition) is 1. The molecule has 1 aliphatic heterocycles. The first-order valence-corrected chi connectivity index (χ1v) is 5.75. The highest BCUT2D eigenvalue weighted by Crippen LogP contribution is 2.35. The molecule has 1 saturated carbocycles. The van der Waals surface area contributed by atoms with Crippen LogP contribution < -0.4 is 5.43 Å². The van der Waals surface area contributed by atoms with Crippen LogP contribution in [0.4, 0.5) is 5.69 Å². The van der Waals surface area contributed by atoms with Gasteiger partial charge in [-0.15, -0.1) is 0 Å². The number of hydrogen-bond donors (Lipinski definition) is 0. The molecular weight excluding hydrogens is 184 g/mol. The zero-order chi connectivity index (χ0) is 10.3. The Morgan fingerprint density at radius 1 is 1.20 bits per heavy atom. The lowest BCUT2D eigenvalue weighted by Crippen LogP contribution is -2.11. The van der Waals surface area contributed by atoms with E-state index in [0.29, 0.717) is 5.92 Å². The lowest BCUT2D eigenvalue weighted by Gasteiger charge is -2.10. The van der Waals surface area contributed by atoms with Crippen LogP contribution in [0.15, 0.2) is 23.3 Å². The maximum Gasteiger partial charge on any atom is 0.0950 e. The van der Waals surface area contributed by atoms with E-state index in [4.69, 9.17) is 0 Å². The molecule has 1 fully saturated rings. The molecule has 2 nitrogen and oxygen atoms in total. The molecule has 1 aromatic rings. The Morgan fingerprint density at radius 3 is 2.80 bits per heavy atom. The van der Waals surface area contributed by atoms with Gasteiger partial charge in [-0.2, -0.15) is 10.5 Å². The number of benzene rings is 1. The number of fused-ring (bicyclic) bond motifs is 1. The largest absolute Gasteiger partial charge is 0.154 e. The maximum atomic E-state index is 4.39. The third-order valence-corrected chi connectivity index (χ3v) is 3.51. The molecule has 15 heavy (non-hydrogen) atoms. The summed E-state index contributed by atoms with van der Waals surface area (Å²) >= 11 is 0. The van der Waals surface area contributed by atoms with Crippen molar-refractivity contribution in [3.8, 4) is 0 Å². The van der Waals surface area contributed by atoms with Crippen molar-refractivity contribution in [3.05, 3.63) is 29.3 Å². The first-order chi connectivity index (χ1) is 7.36. The first kappa shape index (κ1) is 8.96. The number of aryl methyl sites for hydroxylation is 1. The van der Waals surface area contributed by atoms with Crippen LogP contribution in [0.5, 0.6) is 0 Å². The van der Waals surface area contributed by atoms with Gasteiger partial charge in [0, 0.05) is 11.5 Å². The zero-order valence-corrected chi connectivity index (χ0v) is 9.03. The summed E-state index contributed by atoms with van der Waals surface area (Å²) < 4.78 is 0. The normalized spacial score (nSPS) is 19.9. The highest BCUT2D eigenvalue weighted by Gasteiger charge is 2.28. The summed E-state index contributed by atoms with van der Waals surface area (Å²) in [5.41, 5.74) is 9.22. The summed E-state index contributed by atoms with van der Waals surface area (Å²) in [6.45, 7) is 2.16. The van der Waals surface area contributed by atoms with E-state index in [1.807, 2.05) is 0 Å². The highest BCUT2D eigenvalue weighted by atomic mass is 15.3. The Balaban J connectivity index is 2.01. The summed E-state index contributed by atoms with van der Waals surface area (Å²) in [5.74, 6) is 0.663. The topological polar surface area (TPSA) is 26.5 Å². The summed E-state index contributed by atoms with van der Waals surface area (Å²) in [6, 6.07) is 6.28. The van der Waals surface area contributed by atoms with Crippen molar-refractivity contribution in [2.45, 2.75) is 32.6 Å². The molecule has 0 atom stereocenters. The molecule has 1 aliphatic carbocycles. The van der Waals surface area contributed by atoms with Crippen LogP contribution in [-0.4, -0.2) is 5.71 Å². The van der Waals surface area contributed by atoms with Crippen molar-refractivity contribution in [1.82, 2.24) is 5.43 Å². The minimum absolute atomic E-state index is 0.663. The molecule has 1 heterocycles. The van der Waals surface area contributed by atoms with Gasteiger partial charge < -0.3 is 0 Å². The van der Waals surface area contributed by atoms with E-state index >= 15 is 0 Å². The molecule has 1 aromatic carbocycles. The Kier molecular flexibility index (Phi) is 2.01. The van der Waals surface area contributed by atoms with E-state index in [2.05, 4.69) is 35.7 Å². The highest BCUT2D eigenvalue weighted by molar-refractivity contribution is 6.09. The van der Waals surface area contributed by atoms with Crippen molar-refractivity contribution < 1.29 is 0 Å². The van der Waals surface area contributed by atoms with Gasteiger partial charge in [0.1, 0.15) is 0 Å². The molecule has 0 saturated heterocycles. The Morgan fingerprint density at radius 2 is 2.00 bits per heavy atom. The van der Waals surface area contributed by atoms with Gasteiger partial charge in [-0.05, 0) is 31.4 Å². The standard InChI is InChI=1S/C13H15N2/c1-9-5-4-8-11-12(9)13(15-14-11)10-6-2-3-7-10/h4-5,8,10H,2-3,6-7H2,1H3. The van der Waals surface area contributed by atoms with Gasteiger partial charge in [0.25, 0.3) is 0 Å². The van der Waals surface area contributed by atoms with Gasteiger partial charge in [0.2, 0.25) is 0 Å². The van der Waals surface area contributed by atoms with E-state index in [0.717, 1.165) is 5.69 Å². The fourth-order valence-electron chi connectivity index (χ4n) is 2.71. The van der Waals surface area contributed by atoms with Crippen molar-refractivity contribution in [1.29, 1.82) is 0 Å². The fourth-order valence-corrected chi connectivity index (χ4v) is 2.71. The summed E-state index contributed by atoms with van der Waals surface area (Å²) in [5, 5.41) is 4.39. The first-order valence-electron chi connectivity index (χ1n) is 5.75. The van der Waals surface area contributed by atoms with E-state index in [1.165, 1.54) is 42.5 Å². The second-order valence-electron chi connectivity index (χ2n) is 4.54. The molecule has 0 bridgehead atoms. The Labute approximate surface area is 90.4 Å². The van der Waals surface area contributed by atoms with Crippen molar-refractivity contribution in [3.63, 3.8) is 0 Å². The van der Waals surface area contributed by atoms with E-state index in [1.54, 1.807) is 0 Å². The van der Waals surface area contributed by atoms with Crippen molar-refractivity contribution in [2.24, 2.45) is 11.0 Å². The quantitative estimate of drug-likeness (QED) is 0.664. The smallest absolute Gasteiger partial charge is 0.0950 e. The van der Waals surface area contributed by atoms with Gasteiger partial charge in [-0.1, -0.05) is 25.0 Å². The molecule has 0 N–H and O–H groups in total. The van der Waals surface area contributed by atoms with Gasteiger partial charge in [-0.3, -0.25) is 0 Å². The zero-order valence-electron chi connectivity index (χ0n) is 9.03. The van der Waals surface area contributed by atoms with Crippen LogP contribution in [0.1, 0.15) is 36.8 Å². The lowest BCUT2D eigenvalue weighted by atomic mass is 9.92. The maximum absolute atomic E-state index is 4.39. The third kappa shape index (κ3) is 1.36. The van der Waals surface area contributed by atoms with E-state index < -0.39 is 0 Å². The molecule has 0 aromatic heterocycles. The molecule has 3 rings (SSSR count). The van der Waals surface area contributed by atoms with Crippen molar-refractivity contribution in [2.75, 3.05) is 0 Å². The third-order valence-electron chi connectivity index (χ3n) is 3.51. The van der Waals surface area contributed by atoms with Gasteiger partial charge in [0.15, 0.2) is 0 Å². The minimum atomic E-state index is 0.663. The molecule has 2 aliphatic rings. The van der Waals surface area contributed by atoms with Crippen molar-refractivity contribution >= 4 is 11.4 Å². The fraction of sp³-hybridized carbons (Fsp3) is 0.462. The molecule has 0 amide bonds. The van der Waals surface area contributed by atoms with Crippen LogP contribution in [0, 0.1) is 12.8 Å². The molecular formula is C13H15N2. The van der Waals surface area contributed by atoms with E-state index in [9.17, 15) is 0 Å². The molecule has 2 heteroatoms. The monoisotopic (exact) mass is 199 g/mol. The summed E-state index contributed by atoms with van der Waals surface area (Å²) in [7, 11) is 0. The second-order valence-corrected chi connectivity index (χ2v) is 4.54. The molecule has 1 radical (unpaired) electrons. The van der Waals surface area contributed by atoms with Crippen LogP contribution >= 0.6 is 0 Å². The summed E-state index contributed by atoms with van der Waals surface area (Å²) in [4.78, 5) is 0. The SMILES string of the molecule is Cc1cccc2c1C(C1CCCC1)=N[N]2. The van der Waals surface area contributed by atoms with Gasteiger partial charge >= 0.3 is 0 Å². The number of rotatable bonds is 1. The van der Waals surface area contributed by atoms with E-state index in [-0.39, 0.29) is 0 Å².